The number of hydrogen-bond acceptors (Lipinski definition) is 4. The van der Waals surface area contributed by atoms with Gasteiger partial charge in [-0.05, 0) is 37.5 Å². The van der Waals surface area contributed by atoms with Gasteiger partial charge in [0.1, 0.15) is 0 Å². The van der Waals surface area contributed by atoms with Crippen molar-refractivity contribution in [3.63, 3.8) is 0 Å². The fourth-order valence-corrected chi connectivity index (χ4v) is 6.45. The minimum absolute atomic E-state index is 0.245. The first-order valence-electron chi connectivity index (χ1n) is 22.8. The predicted octanol–water partition coefficient (Wildman–Crippen LogP) is 14.7. The SMILES string of the molecule is CC(C)CCCCCCCCCCCCCCC(=O)O.CC(C)CCCCCCCCCCCCCCC(=O)O.O=C(O)CCCCCCCCC(=O)O. The first kappa shape index (κ1) is 56.2. The lowest BCUT2D eigenvalue weighted by Crippen LogP contribution is -1.94. The summed E-state index contributed by atoms with van der Waals surface area (Å²) in [4.78, 5) is 41.0. The predicted molar refractivity (Wildman–Crippen MR) is 226 cm³/mol. The summed E-state index contributed by atoms with van der Waals surface area (Å²) in [7, 11) is 0. The maximum absolute atomic E-state index is 10.3. The molecule has 0 aromatic rings. The highest BCUT2D eigenvalue weighted by molar-refractivity contribution is 5.67. The molecule has 0 aliphatic carbocycles. The molecule has 0 spiro atoms. The molecule has 8 heteroatoms. The summed E-state index contributed by atoms with van der Waals surface area (Å²) >= 11 is 0. The van der Waals surface area contributed by atoms with E-state index in [0.717, 1.165) is 76.0 Å². The van der Waals surface area contributed by atoms with Crippen molar-refractivity contribution in [2.75, 3.05) is 0 Å². The molecule has 0 radical (unpaired) electrons. The molecule has 4 N–H and O–H groups in total. The Kier molecular flexibility index (Phi) is 49.0. The molecule has 0 aromatic heterocycles. The van der Waals surface area contributed by atoms with Gasteiger partial charge in [0.25, 0.3) is 0 Å². The van der Waals surface area contributed by atoms with Crippen LogP contribution in [0, 0.1) is 11.8 Å². The number of rotatable bonds is 39. The average molecular weight is 771 g/mol. The van der Waals surface area contributed by atoms with Crippen LogP contribution in [-0.2, 0) is 19.2 Å². The van der Waals surface area contributed by atoms with Gasteiger partial charge in [0, 0.05) is 25.7 Å². The second-order valence-electron chi connectivity index (χ2n) is 16.5. The van der Waals surface area contributed by atoms with Crippen LogP contribution in [0.2, 0.25) is 0 Å². The fraction of sp³-hybridized carbons (Fsp3) is 0.913. The first-order chi connectivity index (χ1) is 25.9. The van der Waals surface area contributed by atoms with Gasteiger partial charge in [-0.1, -0.05) is 207 Å². The Balaban J connectivity index is -0.000000736. The molecule has 0 saturated carbocycles. The molecule has 0 aliphatic rings. The van der Waals surface area contributed by atoms with Gasteiger partial charge in [0.05, 0.1) is 0 Å². The summed E-state index contributed by atoms with van der Waals surface area (Å²) in [6.07, 6.45) is 40.5. The summed E-state index contributed by atoms with van der Waals surface area (Å²) in [5, 5.41) is 33.7. The Bertz CT molecular complexity index is 745. The van der Waals surface area contributed by atoms with Gasteiger partial charge >= 0.3 is 23.9 Å². The number of carboxylic acids is 4. The molecule has 0 saturated heterocycles. The molecule has 0 bridgehead atoms. The molecular formula is C46H90O8. The maximum Gasteiger partial charge on any atom is 0.303 e. The van der Waals surface area contributed by atoms with Crippen molar-refractivity contribution in [1.29, 1.82) is 0 Å². The number of hydrogen-bond donors (Lipinski definition) is 4. The lowest BCUT2D eigenvalue weighted by molar-refractivity contribution is -0.138. The van der Waals surface area contributed by atoms with E-state index in [2.05, 4.69) is 27.7 Å². The first-order valence-corrected chi connectivity index (χ1v) is 22.8. The average Bonchev–Trinajstić information content (AvgIpc) is 3.09. The smallest absolute Gasteiger partial charge is 0.303 e. The molecule has 0 amide bonds. The molecule has 8 nitrogen and oxygen atoms in total. The van der Waals surface area contributed by atoms with Gasteiger partial charge < -0.3 is 20.4 Å². The van der Waals surface area contributed by atoms with E-state index in [4.69, 9.17) is 20.4 Å². The lowest BCUT2D eigenvalue weighted by atomic mass is 10.0. The summed E-state index contributed by atoms with van der Waals surface area (Å²) in [5.74, 6) is -1.06. The molecule has 0 atom stereocenters. The van der Waals surface area contributed by atoms with Crippen LogP contribution < -0.4 is 0 Å². The van der Waals surface area contributed by atoms with Crippen LogP contribution in [0.15, 0.2) is 0 Å². The number of carbonyl (C=O) groups is 4. The van der Waals surface area contributed by atoms with Crippen molar-refractivity contribution in [3.05, 3.63) is 0 Å². The van der Waals surface area contributed by atoms with Crippen LogP contribution in [0.5, 0.6) is 0 Å². The normalized spacial score (nSPS) is 10.9. The Hall–Kier alpha value is -2.12. The summed E-state index contributed by atoms with van der Waals surface area (Å²) in [6, 6.07) is 0. The zero-order valence-corrected chi connectivity index (χ0v) is 36.0. The zero-order chi connectivity index (χ0) is 40.9. The quantitative estimate of drug-likeness (QED) is 0.0451. The van der Waals surface area contributed by atoms with Crippen molar-refractivity contribution in [3.8, 4) is 0 Å². The van der Waals surface area contributed by atoms with E-state index in [9.17, 15) is 19.2 Å². The van der Waals surface area contributed by atoms with E-state index in [1.165, 1.54) is 141 Å². The molecule has 0 aromatic carbocycles. The fourth-order valence-electron chi connectivity index (χ4n) is 6.45. The van der Waals surface area contributed by atoms with Gasteiger partial charge in [-0.15, -0.1) is 0 Å². The highest BCUT2D eigenvalue weighted by atomic mass is 16.4. The Morgan fingerprint density at radius 2 is 0.389 bits per heavy atom. The molecule has 0 rings (SSSR count). The summed E-state index contributed by atoms with van der Waals surface area (Å²) < 4.78 is 0. The van der Waals surface area contributed by atoms with Gasteiger partial charge in [-0.25, -0.2) is 0 Å². The molecular weight excluding hydrogens is 680 g/mol. The second kappa shape index (κ2) is 47.0. The van der Waals surface area contributed by atoms with Crippen LogP contribution in [-0.4, -0.2) is 44.3 Å². The standard InChI is InChI=1S/2C18H36O2.C10H18O4/c2*1-17(2)15-13-11-9-7-5-3-4-6-8-10-12-14-16-18(19)20;11-9(12)7-5-3-1-2-4-6-8-10(13)14/h2*17H,3-16H2,1-2H3,(H,19,20);1-8H2,(H,11,12)(H,13,14). The summed E-state index contributed by atoms with van der Waals surface area (Å²) in [6.45, 7) is 9.23. The van der Waals surface area contributed by atoms with E-state index in [1.54, 1.807) is 0 Å². The third-order valence-electron chi connectivity index (χ3n) is 9.88. The van der Waals surface area contributed by atoms with Crippen LogP contribution in [0.4, 0.5) is 0 Å². The molecule has 0 unspecified atom stereocenters. The lowest BCUT2D eigenvalue weighted by Gasteiger charge is -2.04. The zero-order valence-electron chi connectivity index (χ0n) is 36.0. The summed E-state index contributed by atoms with van der Waals surface area (Å²) in [5.41, 5.74) is 0. The van der Waals surface area contributed by atoms with Crippen LogP contribution in [0.25, 0.3) is 0 Å². The molecule has 54 heavy (non-hydrogen) atoms. The molecule has 0 fully saturated rings. The van der Waals surface area contributed by atoms with E-state index < -0.39 is 23.9 Å². The molecule has 322 valence electrons. The highest BCUT2D eigenvalue weighted by Crippen LogP contribution is 2.16. The van der Waals surface area contributed by atoms with E-state index >= 15 is 0 Å². The van der Waals surface area contributed by atoms with Crippen LogP contribution in [0.1, 0.15) is 259 Å². The van der Waals surface area contributed by atoms with Crippen molar-refractivity contribution < 1.29 is 39.6 Å². The second-order valence-corrected chi connectivity index (χ2v) is 16.5. The molecule has 0 heterocycles. The monoisotopic (exact) mass is 771 g/mol. The topological polar surface area (TPSA) is 149 Å². The van der Waals surface area contributed by atoms with Crippen molar-refractivity contribution in [2.24, 2.45) is 11.8 Å². The van der Waals surface area contributed by atoms with Crippen molar-refractivity contribution >= 4 is 23.9 Å². The minimum Gasteiger partial charge on any atom is -0.481 e. The third kappa shape index (κ3) is 64.8. The van der Waals surface area contributed by atoms with Gasteiger partial charge in [-0.2, -0.15) is 0 Å². The van der Waals surface area contributed by atoms with Crippen molar-refractivity contribution in [2.45, 2.75) is 259 Å². The number of carboxylic acid groups (broad SMARTS) is 4. The van der Waals surface area contributed by atoms with E-state index in [1.807, 2.05) is 0 Å². The minimum atomic E-state index is -0.740. The maximum atomic E-state index is 10.3. The van der Waals surface area contributed by atoms with Gasteiger partial charge in [0.15, 0.2) is 0 Å². The van der Waals surface area contributed by atoms with Crippen molar-refractivity contribution in [1.82, 2.24) is 0 Å². The third-order valence-corrected chi connectivity index (χ3v) is 9.88. The van der Waals surface area contributed by atoms with Crippen LogP contribution in [0.3, 0.4) is 0 Å². The van der Waals surface area contributed by atoms with E-state index in [0.29, 0.717) is 12.8 Å². The number of aliphatic carboxylic acids is 4. The highest BCUT2D eigenvalue weighted by Gasteiger charge is 2.01. The Labute approximate surface area is 333 Å². The molecule has 0 aliphatic heterocycles. The van der Waals surface area contributed by atoms with Gasteiger partial charge in [-0.3, -0.25) is 19.2 Å². The number of unbranched alkanes of at least 4 members (excludes halogenated alkanes) is 27. The van der Waals surface area contributed by atoms with E-state index in [-0.39, 0.29) is 12.8 Å². The van der Waals surface area contributed by atoms with Crippen LogP contribution >= 0.6 is 0 Å². The Morgan fingerprint density at radius 3 is 0.519 bits per heavy atom. The Morgan fingerprint density at radius 1 is 0.259 bits per heavy atom. The largest absolute Gasteiger partial charge is 0.481 e. The van der Waals surface area contributed by atoms with Gasteiger partial charge in [0.2, 0.25) is 0 Å².